The number of fused-ring (bicyclic) bond motifs is 1. The average molecular weight is 554 g/mol. The van der Waals surface area contributed by atoms with Crippen LogP contribution in [0, 0.1) is 0 Å². The minimum atomic E-state index is -4.74. The van der Waals surface area contributed by atoms with E-state index in [-0.39, 0.29) is 22.0 Å². The number of benzene rings is 4. The quantitative estimate of drug-likeness (QED) is 0.157. The summed E-state index contributed by atoms with van der Waals surface area (Å²) in [5.41, 5.74) is 0.666. The molecule has 0 aliphatic carbocycles. The van der Waals surface area contributed by atoms with Crippen LogP contribution in [0.1, 0.15) is 29.8 Å². The lowest BCUT2D eigenvalue weighted by Crippen LogP contribution is -2.12. The number of carbonyl (C=O) groups is 1. The number of hydrogen-bond donors (Lipinski definition) is 3. The zero-order chi connectivity index (χ0) is 27.4. The Morgan fingerprint density at radius 2 is 1.68 bits per heavy atom. The molecule has 0 aliphatic heterocycles. The molecule has 38 heavy (non-hydrogen) atoms. The van der Waals surface area contributed by atoms with Gasteiger partial charge >= 0.3 is 0 Å². The zero-order valence-electron chi connectivity index (χ0n) is 20.5. The lowest BCUT2D eigenvalue weighted by atomic mass is 10.0. The van der Waals surface area contributed by atoms with Crippen molar-refractivity contribution in [3.63, 3.8) is 0 Å². The van der Waals surface area contributed by atoms with Gasteiger partial charge in [0.2, 0.25) is 0 Å². The predicted octanol–water partition coefficient (Wildman–Crippen LogP) is 7.07. The minimum Gasteiger partial charge on any atom is -0.505 e. The Bertz CT molecular complexity index is 1650. The first-order chi connectivity index (χ1) is 18.1. The summed E-state index contributed by atoms with van der Waals surface area (Å²) in [6.07, 6.45) is 0.366. The van der Waals surface area contributed by atoms with Crippen LogP contribution in [0.25, 0.3) is 10.8 Å². The number of azo groups is 1. The topological polar surface area (TPSA) is 138 Å². The lowest BCUT2D eigenvalue weighted by molar-refractivity contribution is 0.102. The average Bonchev–Trinajstić information content (AvgIpc) is 2.88. The summed E-state index contributed by atoms with van der Waals surface area (Å²) in [6, 6.07) is 18.1. The highest BCUT2D eigenvalue weighted by Crippen LogP contribution is 2.42. The van der Waals surface area contributed by atoms with Crippen molar-refractivity contribution in [2.45, 2.75) is 25.2 Å². The SMILES string of the molecule is CCOc1ccc(NC(=O)c2cc3ccccc3c(N=Nc3c(CC)ccc(Cl)c3S(=O)(=O)O)c2O)cc1. The maximum atomic E-state index is 13.1. The molecule has 1 amide bonds. The fourth-order valence-corrected chi connectivity index (χ4v) is 5.09. The molecule has 4 aromatic carbocycles. The summed E-state index contributed by atoms with van der Waals surface area (Å²) in [5.74, 6) is -0.396. The van der Waals surface area contributed by atoms with Gasteiger partial charge in [-0.3, -0.25) is 9.35 Å². The molecular weight excluding hydrogens is 530 g/mol. The number of carbonyl (C=O) groups excluding carboxylic acids is 1. The molecule has 0 saturated heterocycles. The van der Waals surface area contributed by atoms with Crippen molar-refractivity contribution in [3.8, 4) is 11.5 Å². The Hall–Kier alpha value is -3.99. The molecule has 196 valence electrons. The van der Waals surface area contributed by atoms with Gasteiger partial charge in [0.25, 0.3) is 16.0 Å². The largest absolute Gasteiger partial charge is 0.505 e. The third kappa shape index (κ3) is 5.62. The number of nitrogens with one attached hydrogen (secondary N) is 1. The number of aryl methyl sites for hydroxylation is 1. The number of ether oxygens (including phenoxy) is 1. The number of rotatable bonds is 8. The first kappa shape index (κ1) is 27.1. The molecule has 4 rings (SSSR count). The predicted molar refractivity (Wildman–Crippen MR) is 146 cm³/mol. The first-order valence-electron chi connectivity index (χ1n) is 11.6. The van der Waals surface area contributed by atoms with Crippen molar-refractivity contribution >= 4 is 55.5 Å². The molecule has 0 aliphatic rings. The van der Waals surface area contributed by atoms with E-state index in [1.807, 2.05) is 6.92 Å². The summed E-state index contributed by atoms with van der Waals surface area (Å²) in [6.45, 7) is 4.15. The highest BCUT2D eigenvalue weighted by Gasteiger charge is 2.24. The van der Waals surface area contributed by atoms with Gasteiger partial charge in [-0.1, -0.05) is 48.9 Å². The number of anilines is 1. The molecule has 0 fully saturated rings. The Labute approximate surface area is 224 Å². The van der Waals surface area contributed by atoms with Crippen molar-refractivity contribution in [1.29, 1.82) is 0 Å². The van der Waals surface area contributed by atoms with Gasteiger partial charge in [0.15, 0.2) is 5.75 Å². The van der Waals surface area contributed by atoms with Gasteiger partial charge in [-0.15, -0.1) is 10.2 Å². The maximum absolute atomic E-state index is 13.1. The molecule has 0 bridgehead atoms. The van der Waals surface area contributed by atoms with E-state index in [4.69, 9.17) is 16.3 Å². The van der Waals surface area contributed by atoms with E-state index in [2.05, 4.69) is 15.5 Å². The molecule has 0 unspecified atom stereocenters. The fraction of sp³-hybridized carbons (Fsp3) is 0.148. The monoisotopic (exact) mass is 553 g/mol. The van der Waals surface area contributed by atoms with Crippen molar-refractivity contribution in [1.82, 2.24) is 0 Å². The van der Waals surface area contributed by atoms with E-state index in [0.717, 1.165) is 0 Å². The van der Waals surface area contributed by atoms with Gasteiger partial charge < -0.3 is 15.2 Å². The van der Waals surface area contributed by atoms with Gasteiger partial charge in [0.1, 0.15) is 22.0 Å². The van der Waals surface area contributed by atoms with Crippen LogP contribution in [0.4, 0.5) is 17.1 Å². The Morgan fingerprint density at radius 1 is 1.00 bits per heavy atom. The standard InChI is InChI=1S/C27H24ClN3O6S/c1-3-16-9-14-22(28)26(38(34,35)36)23(16)30-31-24-20-8-6-5-7-17(20)15-21(25(24)32)27(33)29-18-10-12-19(13-11-18)37-4-2/h5-15,32H,3-4H2,1-2H3,(H,29,33)(H,34,35,36). The Kier molecular flexibility index (Phi) is 7.96. The summed E-state index contributed by atoms with van der Waals surface area (Å²) in [4.78, 5) is 12.6. The van der Waals surface area contributed by atoms with Crippen LogP contribution < -0.4 is 10.1 Å². The van der Waals surface area contributed by atoms with Crippen LogP contribution in [0.3, 0.4) is 0 Å². The molecule has 0 atom stereocenters. The second kappa shape index (κ2) is 11.2. The fourth-order valence-electron chi connectivity index (χ4n) is 3.92. The second-order valence-electron chi connectivity index (χ2n) is 8.17. The molecule has 0 radical (unpaired) electrons. The number of phenolic OH excluding ortho intramolecular Hbond substituents is 1. The number of nitrogens with zero attached hydrogens (tertiary/aromatic N) is 2. The molecule has 9 nitrogen and oxygen atoms in total. The van der Waals surface area contributed by atoms with Gasteiger partial charge in [0, 0.05) is 11.1 Å². The third-order valence-corrected chi connectivity index (χ3v) is 7.08. The molecule has 0 aromatic heterocycles. The van der Waals surface area contributed by atoms with Crippen molar-refractivity contribution in [3.05, 3.63) is 82.9 Å². The third-order valence-electron chi connectivity index (χ3n) is 5.72. The van der Waals surface area contributed by atoms with Crippen LogP contribution in [0.5, 0.6) is 11.5 Å². The van der Waals surface area contributed by atoms with Gasteiger partial charge in [0.05, 0.1) is 17.2 Å². The smallest absolute Gasteiger partial charge is 0.298 e. The number of hydrogen-bond acceptors (Lipinski definition) is 7. The van der Waals surface area contributed by atoms with Crippen LogP contribution >= 0.6 is 11.6 Å². The van der Waals surface area contributed by atoms with E-state index < -0.39 is 26.7 Å². The lowest BCUT2D eigenvalue weighted by Gasteiger charge is -2.12. The highest BCUT2D eigenvalue weighted by molar-refractivity contribution is 7.86. The first-order valence-corrected chi connectivity index (χ1v) is 13.4. The highest BCUT2D eigenvalue weighted by atomic mass is 35.5. The summed E-state index contributed by atoms with van der Waals surface area (Å²) in [5, 5.41) is 22.9. The molecule has 0 heterocycles. The van der Waals surface area contributed by atoms with Crippen LogP contribution in [-0.4, -0.2) is 30.6 Å². The normalized spacial score (nSPS) is 11.7. The van der Waals surface area contributed by atoms with E-state index in [9.17, 15) is 22.9 Å². The van der Waals surface area contributed by atoms with Crippen molar-refractivity contribution in [2.75, 3.05) is 11.9 Å². The van der Waals surface area contributed by atoms with Crippen LogP contribution in [-0.2, 0) is 16.5 Å². The second-order valence-corrected chi connectivity index (χ2v) is 9.93. The molecule has 0 saturated carbocycles. The summed E-state index contributed by atoms with van der Waals surface area (Å²) < 4.78 is 39.3. The molecule has 0 spiro atoms. The summed E-state index contributed by atoms with van der Waals surface area (Å²) in [7, 11) is -4.74. The number of halogens is 1. The summed E-state index contributed by atoms with van der Waals surface area (Å²) >= 11 is 6.07. The van der Waals surface area contributed by atoms with E-state index in [0.29, 0.717) is 40.8 Å². The number of amides is 1. The van der Waals surface area contributed by atoms with Crippen LogP contribution in [0.2, 0.25) is 5.02 Å². The molecule has 11 heteroatoms. The molecular formula is C27H24ClN3O6S. The zero-order valence-corrected chi connectivity index (χ0v) is 22.0. The minimum absolute atomic E-state index is 0.0525. The van der Waals surface area contributed by atoms with Crippen molar-refractivity contribution in [2.24, 2.45) is 10.2 Å². The molecule has 4 aromatic rings. The van der Waals surface area contributed by atoms with E-state index in [1.165, 1.54) is 12.1 Å². The molecule has 3 N–H and O–H groups in total. The Morgan fingerprint density at radius 3 is 2.34 bits per heavy atom. The number of aromatic hydroxyl groups is 1. The van der Waals surface area contributed by atoms with Gasteiger partial charge in [-0.2, -0.15) is 8.42 Å². The maximum Gasteiger partial charge on any atom is 0.298 e. The van der Waals surface area contributed by atoms with Crippen molar-refractivity contribution < 1.29 is 27.6 Å². The Balaban J connectivity index is 1.81. The van der Waals surface area contributed by atoms with Gasteiger partial charge in [-0.05, 0) is 60.7 Å². The van der Waals surface area contributed by atoms with E-state index in [1.54, 1.807) is 61.5 Å². The number of phenols is 1. The van der Waals surface area contributed by atoms with E-state index >= 15 is 0 Å². The van der Waals surface area contributed by atoms with Gasteiger partial charge in [-0.25, -0.2) is 0 Å². The van der Waals surface area contributed by atoms with Crippen LogP contribution in [0.15, 0.2) is 81.9 Å².